The van der Waals surface area contributed by atoms with Crippen LogP contribution in [0.2, 0.25) is 0 Å². The summed E-state index contributed by atoms with van der Waals surface area (Å²) in [4.78, 5) is 0. The zero-order valence-electron chi connectivity index (χ0n) is 12.1. The third kappa shape index (κ3) is 3.10. The number of hydrogen-bond acceptors (Lipinski definition) is 3. The summed E-state index contributed by atoms with van der Waals surface area (Å²) in [5, 5.41) is 9.07. The van der Waals surface area contributed by atoms with Crippen molar-refractivity contribution in [2.75, 3.05) is 0 Å². The van der Waals surface area contributed by atoms with E-state index >= 15 is 0 Å². The summed E-state index contributed by atoms with van der Waals surface area (Å²) in [6, 6.07) is 2.88. The molecule has 1 unspecified atom stereocenters. The van der Waals surface area contributed by atoms with Crippen molar-refractivity contribution in [3.8, 4) is 0 Å². The predicted octanol–water partition coefficient (Wildman–Crippen LogP) is 2.13. The van der Waals surface area contributed by atoms with E-state index in [9.17, 15) is 0 Å². The first kappa shape index (κ1) is 13.4. The lowest BCUT2D eigenvalue weighted by atomic mass is 10.1. The molecule has 1 aliphatic rings. The molecule has 1 fully saturated rings. The zero-order valence-corrected chi connectivity index (χ0v) is 12.1. The lowest BCUT2D eigenvalue weighted by Crippen LogP contribution is -2.17. The highest BCUT2D eigenvalue weighted by Crippen LogP contribution is 2.28. The molecule has 2 heterocycles. The Hall–Kier alpha value is -1.62. The van der Waals surface area contributed by atoms with E-state index in [4.69, 9.17) is 5.73 Å². The van der Waals surface area contributed by atoms with Crippen LogP contribution in [0.15, 0.2) is 24.7 Å². The van der Waals surface area contributed by atoms with Crippen molar-refractivity contribution in [3.63, 3.8) is 0 Å². The van der Waals surface area contributed by atoms with E-state index in [-0.39, 0.29) is 6.04 Å². The molecular weight excluding hydrogens is 250 g/mol. The molecule has 0 aliphatic heterocycles. The van der Waals surface area contributed by atoms with Crippen LogP contribution in [0.5, 0.6) is 0 Å². The van der Waals surface area contributed by atoms with Crippen LogP contribution in [0.1, 0.15) is 49.9 Å². The highest BCUT2D eigenvalue weighted by atomic mass is 15.3. The summed E-state index contributed by atoms with van der Waals surface area (Å²) < 4.78 is 4.08. The monoisotopic (exact) mass is 273 g/mol. The minimum Gasteiger partial charge on any atom is -0.328 e. The first-order valence-electron chi connectivity index (χ1n) is 7.51. The maximum Gasteiger partial charge on any atom is 0.0849 e. The second-order valence-electron chi connectivity index (χ2n) is 5.95. The molecule has 2 aromatic rings. The Kier molecular flexibility index (Phi) is 3.87. The fraction of sp³-hybridized carbons (Fsp3) is 0.600. The smallest absolute Gasteiger partial charge is 0.0849 e. The van der Waals surface area contributed by atoms with Gasteiger partial charge in [0.2, 0.25) is 0 Å². The average Bonchev–Trinajstić information content (AvgIpc) is 3.09. The van der Waals surface area contributed by atoms with Gasteiger partial charge in [-0.3, -0.25) is 9.36 Å². The molecule has 5 heteroatoms. The average molecular weight is 273 g/mol. The van der Waals surface area contributed by atoms with Gasteiger partial charge in [0.05, 0.1) is 24.5 Å². The first-order chi connectivity index (χ1) is 9.70. The van der Waals surface area contributed by atoms with Crippen LogP contribution < -0.4 is 5.73 Å². The normalized spacial score (nSPS) is 17.7. The molecule has 0 radical (unpaired) electrons. The second kappa shape index (κ2) is 5.79. The molecule has 2 aromatic heterocycles. The van der Waals surface area contributed by atoms with Gasteiger partial charge in [-0.25, -0.2) is 0 Å². The Labute approximate surface area is 119 Å². The molecule has 2 N–H and O–H groups in total. The van der Waals surface area contributed by atoms with Gasteiger partial charge in [-0.2, -0.15) is 10.2 Å². The van der Waals surface area contributed by atoms with Crippen molar-refractivity contribution in [2.45, 2.75) is 57.7 Å². The fourth-order valence-electron chi connectivity index (χ4n) is 2.97. The van der Waals surface area contributed by atoms with E-state index in [1.807, 2.05) is 17.8 Å². The Morgan fingerprint density at radius 1 is 1.40 bits per heavy atom. The number of rotatable bonds is 5. The maximum atomic E-state index is 5.81. The Morgan fingerprint density at radius 3 is 2.95 bits per heavy atom. The molecule has 0 spiro atoms. The van der Waals surface area contributed by atoms with Crippen molar-refractivity contribution in [3.05, 3.63) is 35.9 Å². The van der Waals surface area contributed by atoms with E-state index < -0.39 is 0 Å². The molecule has 1 aliphatic carbocycles. The molecule has 108 valence electrons. The van der Waals surface area contributed by atoms with Crippen molar-refractivity contribution >= 4 is 0 Å². The van der Waals surface area contributed by atoms with Crippen LogP contribution in [0.3, 0.4) is 0 Å². The van der Waals surface area contributed by atoms with Crippen LogP contribution in [-0.4, -0.2) is 25.6 Å². The Bertz CT molecular complexity index is 548. The predicted molar refractivity (Wildman–Crippen MR) is 78.4 cm³/mol. The van der Waals surface area contributed by atoms with Crippen LogP contribution in [0.25, 0.3) is 0 Å². The van der Waals surface area contributed by atoms with Gasteiger partial charge in [0.15, 0.2) is 0 Å². The molecule has 0 saturated heterocycles. The van der Waals surface area contributed by atoms with Gasteiger partial charge >= 0.3 is 0 Å². The van der Waals surface area contributed by atoms with Gasteiger partial charge in [-0.05, 0) is 37.8 Å². The molecule has 20 heavy (non-hydrogen) atoms. The van der Waals surface area contributed by atoms with Crippen molar-refractivity contribution in [1.29, 1.82) is 0 Å². The standard InChI is InChI=1S/C15H23N5/c1-12(16)8-13-9-17-19(10-13)11-14-6-7-20(18-14)15-4-2-3-5-15/h6-7,9-10,12,15H,2-5,8,11,16H2,1H3. The van der Waals surface area contributed by atoms with E-state index in [1.165, 1.54) is 31.2 Å². The third-order valence-corrected chi connectivity index (χ3v) is 3.93. The number of aromatic nitrogens is 4. The summed E-state index contributed by atoms with van der Waals surface area (Å²) in [6.07, 6.45) is 12.1. The minimum absolute atomic E-state index is 0.175. The Morgan fingerprint density at radius 2 is 2.20 bits per heavy atom. The fourth-order valence-corrected chi connectivity index (χ4v) is 2.97. The molecular formula is C15H23N5. The van der Waals surface area contributed by atoms with Gasteiger partial charge < -0.3 is 5.73 Å². The largest absolute Gasteiger partial charge is 0.328 e. The molecule has 1 saturated carbocycles. The molecule has 0 aromatic carbocycles. The highest BCUT2D eigenvalue weighted by Gasteiger charge is 2.17. The topological polar surface area (TPSA) is 61.7 Å². The molecule has 1 atom stereocenters. The van der Waals surface area contributed by atoms with E-state index in [1.54, 1.807) is 0 Å². The highest BCUT2D eigenvalue weighted by molar-refractivity contribution is 5.08. The van der Waals surface area contributed by atoms with Crippen molar-refractivity contribution < 1.29 is 0 Å². The van der Waals surface area contributed by atoms with Crippen LogP contribution in [0, 0.1) is 0 Å². The van der Waals surface area contributed by atoms with E-state index in [0.29, 0.717) is 6.04 Å². The maximum absolute atomic E-state index is 5.81. The van der Waals surface area contributed by atoms with Gasteiger partial charge in [0.1, 0.15) is 0 Å². The van der Waals surface area contributed by atoms with Gasteiger partial charge in [0, 0.05) is 18.4 Å². The van der Waals surface area contributed by atoms with Gasteiger partial charge in [0.25, 0.3) is 0 Å². The Balaban J connectivity index is 1.64. The van der Waals surface area contributed by atoms with E-state index in [0.717, 1.165) is 18.7 Å². The lowest BCUT2D eigenvalue weighted by molar-refractivity contribution is 0.460. The summed E-state index contributed by atoms with van der Waals surface area (Å²) >= 11 is 0. The molecule has 5 nitrogen and oxygen atoms in total. The minimum atomic E-state index is 0.175. The summed E-state index contributed by atoms with van der Waals surface area (Å²) in [5.41, 5.74) is 8.07. The lowest BCUT2D eigenvalue weighted by Gasteiger charge is -2.08. The number of nitrogens with zero attached hydrogens (tertiary/aromatic N) is 4. The molecule has 0 amide bonds. The summed E-state index contributed by atoms with van der Waals surface area (Å²) in [5.74, 6) is 0. The van der Waals surface area contributed by atoms with Crippen LogP contribution in [-0.2, 0) is 13.0 Å². The number of hydrogen-bond donors (Lipinski definition) is 1. The first-order valence-corrected chi connectivity index (χ1v) is 7.51. The zero-order chi connectivity index (χ0) is 13.9. The van der Waals surface area contributed by atoms with Crippen molar-refractivity contribution in [1.82, 2.24) is 19.6 Å². The summed E-state index contributed by atoms with van der Waals surface area (Å²) in [6.45, 7) is 2.75. The molecule has 0 bridgehead atoms. The van der Waals surface area contributed by atoms with Crippen LogP contribution in [0.4, 0.5) is 0 Å². The summed E-state index contributed by atoms with van der Waals surface area (Å²) in [7, 11) is 0. The molecule has 3 rings (SSSR count). The van der Waals surface area contributed by atoms with Gasteiger partial charge in [-0.15, -0.1) is 0 Å². The quantitative estimate of drug-likeness (QED) is 0.907. The van der Waals surface area contributed by atoms with Gasteiger partial charge in [-0.1, -0.05) is 12.8 Å². The third-order valence-electron chi connectivity index (χ3n) is 3.93. The van der Waals surface area contributed by atoms with Crippen molar-refractivity contribution in [2.24, 2.45) is 5.73 Å². The second-order valence-corrected chi connectivity index (χ2v) is 5.95. The number of nitrogens with two attached hydrogens (primary N) is 1. The van der Waals surface area contributed by atoms with E-state index in [2.05, 4.69) is 33.3 Å². The van der Waals surface area contributed by atoms with Crippen LogP contribution >= 0.6 is 0 Å². The SMILES string of the molecule is CC(N)Cc1cnn(Cc2ccn(C3CCCC3)n2)c1.